The number of likely N-dealkylation sites (N-methyl/N-ethyl adjacent to an activating group) is 1. The number of nitrogens with zero attached hydrogens (tertiary/aromatic N) is 2. The number of carbonyl (C=O) groups is 4. The first kappa shape index (κ1) is 37.2. The summed E-state index contributed by atoms with van der Waals surface area (Å²) < 4.78 is 65.7. The molecule has 11 nitrogen and oxygen atoms in total. The highest BCUT2D eigenvalue weighted by atomic mass is 32.2. The van der Waals surface area contributed by atoms with E-state index in [1.54, 1.807) is 31.2 Å². The molecule has 0 aliphatic carbocycles. The van der Waals surface area contributed by atoms with E-state index in [2.05, 4.69) is 5.32 Å². The van der Waals surface area contributed by atoms with Gasteiger partial charge in [-0.2, -0.15) is 17.5 Å². The van der Waals surface area contributed by atoms with Gasteiger partial charge in [0.1, 0.15) is 5.54 Å². The molecule has 49 heavy (non-hydrogen) atoms. The number of esters is 1. The number of imide groups is 1. The highest BCUT2D eigenvalue weighted by Gasteiger charge is 2.68. The number of fused-ring (bicyclic) bond motifs is 1. The van der Waals surface area contributed by atoms with Crippen LogP contribution in [0.25, 0.3) is 0 Å². The molecule has 3 aromatic rings. The van der Waals surface area contributed by atoms with Gasteiger partial charge in [-0.25, -0.2) is 13.2 Å². The largest absolute Gasteiger partial charge is 0.490 e. The van der Waals surface area contributed by atoms with E-state index in [9.17, 15) is 36.0 Å². The molecule has 262 valence electrons. The lowest BCUT2D eigenvalue weighted by Gasteiger charge is -2.33. The van der Waals surface area contributed by atoms with Gasteiger partial charge in [0.25, 0.3) is 0 Å². The number of aliphatic carboxylic acids is 1. The summed E-state index contributed by atoms with van der Waals surface area (Å²) in [6.45, 7) is 3.67. The van der Waals surface area contributed by atoms with Crippen molar-refractivity contribution in [1.29, 1.82) is 0 Å². The molecule has 0 unspecified atom stereocenters. The van der Waals surface area contributed by atoms with Crippen LogP contribution in [0, 0.1) is 18.8 Å². The molecule has 0 radical (unpaired) electrons. The Balaban J connectivity index is 0.000000698. The van der Waals surface area contributed by atoms with Crippen molar-refractivity contribution < 1.29 is 50.6 Å². The van der Waals surface area contributed by atoms with E-state index < -0.39 is 63.4 Å². The number of hydrogen-bond acceptors (Lipinski definition) is 8. The first-order valence-corrected chi connectivity index (χ1v) is 16.7. The fraction of sp³-hybridized carbons (Fsp3) is 0.353. The molecule has 2 saturated heterocycles. The molecule has 0 spiro atoms. The second-order valence-corrected chi connectivity index (χ2v) is 13.6. The summed E-state index contributed by atoms with van der Waals surface area (Å²) >= 11 is 0. The zero-order chi connectivity index (χ0) is 36.1. The summed E-state index contributed by atoms with van der Waals surface area (Å²) in [5.41, 5.74) is 0.898. The number of amides is 2. The molecule has 2 heterocycles. The summed E-state index contributed by atoms with van der Waals surface area (Å²) in [7, 11) is -2.68. The molecular formula is C34H36F3N3O8S. The Morgan fingerprint density at radius 1 is 0.939 bits per heavy atom. The molecule has 2 amide bonds. The third-order valence-corrected chi connectivity index (χ3v) is 10.5. The number of carboxylic acids is 1. The molecule has 2 aliphatic rings. The van der Waals surface area contributed by atoms with E-state index in [-0.39, 0.29) is 31.0 Å². The lowest BCUT2D eigenvalue weighted by atomic mass is 9.76. The van der Waals surface area contributed by atoms with E-state index >= 15 is 0 Å². The second-order valence-electron chi connectivity index (χ2n) is 11.7. The number of carboxylic acid groups (broad SMARTS) is 1. The van der Waals surface area contributed by atoms with Crippen molar-refractivity contribution in [2.75, 3.05) is 20.2 Å². The van der Waals surface area contributed by atoms with E-state index in [1.807, 2.05) is 67.6 Å². The summed E-state index contributed by atoms with van der Waals surface area (Å²) in [6, 6.07) is 24.1. The van der Waals surface area contributed by atoms with Crippen LogP contribution in [-0.2, 0) is 46.9 Å². The van der Waals surface area contributed by atoms with E-state index in [1.165, 1.54) is 16.3 Å². The number of nitrogens with one attached hydrogen (secondary N) is 1. The monoisotopic (exact) mass is 703 g/mol. The van der Waals surface area contributed by atoms with Crippen molar-refractivity contribution in [2.24, 2.45) is 11.8 Å². The minimum Gasteiger partial charge on any atom is -0.475 e. The van der Waals surface area contributed by atoms with E-state index in [4.69, 9.17) is 14.6 Å². The van der Waals surface area contributed by atoms with Crippen LogP contribution in [0.15, 0.2) is 89.8 Å². The number of halogens is 3. The average Bonchev–Trinajstić information content (AvgIpc) is 3.52. The number of likely N-dealkylation sites (tertiary alicyclic amines) is 1. The first-order chi connectivity index (χ1) is 23.1. The number of carbonyl (C=O) groups excluding carboxylic acids is 3. The number of alkyl halides is 3. The Labute approximate surface area is 281 Å². The Morgan fingerprint density at radius 3 is 1.96 bits per heavy atom. The summed E-state index contributed by atoms with van der Waals surface area (Å²) in [4.78, 5) is 52.0. The van der Waals surface area contributed by atoms with Crippen LogP contribution in [0.4, 0.5) is 13.2 Å². The summed E-state index contributed by atoms with van der Waals surface area (Å²) in [5, 5.41) is 10.4. The predicted molar refractivity (Wildman–Crippen MR) is 170 cm³/mol. The average molecular weight is 704 g/mol. The van der Waals surface area contributed by atoms with Gasteiger partial charge in [0.05, 0.1) is 30.4 Å². The predicted octanol–water partition coefficient (Wildman–Crippen LogP) is 3.57. The van der Waals surface area contributed by atoms with Gasteiger partial charge in [-0.05, 0) is 30.2 Å². The third kappa shape index (κ3) is 7.84. The molecule has 15 heteroatoms. The van der Waals surface area contributed by atoms with Crippen LogP contribution < -0.4 is 5.32 Å². The molecule has 2 fully saturated rings. The molecular weight excluding hydrogens is 667 g/mol. The number of methoxy groups -OCH3 is 1. The first-order valence-electron chi connectivity index (χ1n) is 15.2. The fourth-order valence-corrected chi connectivity index (χ4v) is 7.74. The minimum atomic E-state index is -5.08. The fourth-order valence-electron chi connectivity index (χ4n) is 6.26. The molecule has 0 bridgehead atoms. The highest BCUT2D eigenvalue weighted by Crippen LogP contribution is 2.46. The zero-order valence-electron chi connectivity index (χ0n) is 26.9. The maximum absolute atomic E-state index is 14.1. The Hall–Kier alpha value is -4.60. The van der Waals surface area contributed by atoms with Crippen molar-refractivity contribution in [2.45, 2.75) is 49.5 Å². The smallest absolute Gasteiger partial charge is 0.475 e. The summed E-state index contributed by atoms with van der Waals surface area (Å²) in [5.74, 6) is -6.38. The lowest BCUT2D eigenvalue weighted by Crippen LogP contribution is -2.59. The van der Waals surface area contributed by atoms with Crippen LogP contribution in [0.5, 0.6) is 0 Å². The van der Waals surface area contributed by atoms with Crippen molar-refractivity contribution in [3.05, 3.63) is 102 Å². The number of ether oxygens (including phenoxy) is 1. The number of aryl methyl sites for hydroxylation is 1. The van der Waals surface area contributed by atoms with Gasteiger partial charge in [0, 0.05) is 25.6 Å². The van der Waals surface area contributed by atoms with Gasteiger partial charge in [0.15, 0.2) is 0 Å². The van der Waals surface area contributed by atoms with Crippen molar-refractivity contribution in [3.63, 3.8) is 0 Å². The van der Waals surface area contributed by atoms with Gasteiger partial charge in [-0.15, -0.1) is 0 Å². The number of sulfonamides is 1. The number of hydrogen-bond donors (Lipinski definition) is 2. The quantitative estimate of drug-likeness (QED) is 0.239. The maximum Gasteiger partial charge on any atom is 0.490 e. The summed E-state index contributed by atoms with van der Waals surface area (Å²) in [6.07, 6.45) is -4.99. The Morgan fingerprint density at radius 2 is 1.47 bits per heavy atom. The molecule has 3 aromatic carbocycles. The maximum atomic E-state index is 14.1. The normalized spacial score (nSPS) is 22.0. The Kier molecular flexibility index (Phi) is 11.3. The van der Waals surface area contributed by atoms with E-state index in [0.717, 1.165) is 16.7 Å². The van der Waals surface area contributed by atoms with Crippen LogP contribution in [0.2, 0.25) is 0 Å². The topological polar surface area (TPSA) is 150 Å². The highest BCUT2D eigenvalue weighted by molar-refractivity contribution is 7.89. The second kappa shape index (κ2) is 14.9. The molecule has 0 aromatic heterocycles. The molecule has 4 atom stereocenters. The van der Waals surface area contributed by atoms with Gasteiger partial charge < -0.3 is 9.84 Å². The van der Waals surface area contributed by atoms with Crippen molar-refractivity contribution >= 4 is 33.8 Å². The Bertz CT molecular complexity index is 1770. The van der Waals surface area contributed by atoms with Crippen molar-refractivity contribution in [1.82, 2.24) is 14.5 Å². The van der Waals surface area contributed by atoms with E-state index in [0.29, 0.717) is 0 Å². The molecule has 5 rings (SSSR count). The van der Waals surface area contributed by atoms with Crippen LogP contribution in [0.3, 0.4) is 0 Å². The van der Waals surface area contributed by atoms with Gasteiger partial charge >= 0.3 is 18.1 Å². The molecule has 0 saturated carbocycles. The van der Waals surface area contributed by atoms with Crippen LogP contribution >= 0.6 is 0 Å². The standard InChI is InChI=1S/C32H35N3O6S.C2HF3O2/c1-4-34(42(39,40)25-17-15-22(2)16-18-25)21-26-27-28(30(37)35(29(27)36)20-24-13-9-6-10-14-24)32(33-26,31(38)41-3)19-23-11-7-5-8-12-23;3-2(4,5)1(6)7/h5-18,26-28,33H,4,19-21H2,1-3H3;(H,6,7)/t26-,27+,28-,32-;/m1./s1. The number of rotatable bonds is 10. The van der Waals surface area contributed by atoms with Gasteiger partial charge in [-0.3, -0.25) is 24.6 Å². The van der Waals surface area contributed by atoms with Crippen LogP contribution in [-0.4, -0.2) is 84.4 Å². The van der Waals surface area contributed by atoms with Gasteiger partial charge in [-0.1, -0.05) is 85.3 Å². The zero-order valence-corrected chi connectivity index (χ0v) is 27.7. The SMILES string of the molecule is CCN(C[C@H]1N[C@@](Cc2ccccc2)(C(=O)OC)[C@H]2C(=O)N(Cc3ccccc3)C(=O)[C@@H]12)S(=O)(=O)c1ccc(C)cc1.O=C(O)C(F)(F)F. The molecule has 2 aliphatic heterocycles. The molecule has 2 N–H and O–H groups in total. The van der Waals surface area contributed by atoms with Crippen LogP contribution in [0.1, 0.15) is 23.6 Å². The third-order valence-electron chi connectivity index (χ3n) is 8.56. The van der Waals surface area contributed by atoms with Gasteiger partial charge in [0.2, 0.25) is 21.8 Å². The minimum absolute atomic E-state index is 0.0555. The lowest BCUT2D eigenvalue weighted by molar-refractivity contribution is -0.192. The van der Waals surface area contributed by atoms with Crippen molar-refractivity contribution in [3.8, 4) is 0 Å². The number of benzene rings is 3.